The maximum Gasteiger partial charge on any atom is 0.247 e. The van der Waals surface area contributed by atoms with E-state index in [1.54, 1.807) is 6.26 Å². The van der Waals surface area contributed by atoms with Crippen LogP contribution in [0.4, 0.5) is 0 Å². The first-order chi connectivity index (χ1) is 13.1. The summed E-state index contributed by atoms with van der Waals surface area (Å²) >= 11 is 12.4. The quantitative estimate of drug-likeness (QED) is 0.577. The normalized spacial score (nSPS) is 28.0. The summed E-state index contributed by atoms with van der Waals surface area (Å²) in [6.07, 6.45) is 5.74. The Bertz CT molecular complexity index is 972. The summed E-state index contributed by atoms with van der Waals surface area (Å²) in [5.41, 5.74) is 0.969. The average Bonchev–Trinajstić information content (AvgIpc) is 3.38. The van der Waals surface area contributed by atoms with Gasteiger partial charge in [0.15, 0.2) is 5.76 Å². The number of hydrogen-bond acceptors (Lipinski definition) is 5. The molecule has 0 radical (unpaired) electrons. The Morgan fingerprint density at radius 1 is 1.22 bits per heavy atom. The summed E-state index contributed by atoms with van der Waals surface area (Å²) in [4.78, 5) is 7.11. The van der Waals surface area contributed by atoms with Gasteiger partial charge in [-0.2, -0.15) is 4.98 Å². The predicted octanol–water partition coefficient (Wildman–Crippen LogP) is 5.50. The Hall–Kier alpha value is -1.82. The van der Waals surface area contributed by atoms with Crippen LogP contribution in [0.2, 0.25) is 10.0 Å². The summed E-state index contributed by atoms with van der Waals surface area (Å²) < 4.78 is 11.1. The van der Waals surface area contributed by atoms with Crippen LogP contribution in [-0.4, -0.2) is 28.1 Å². The molecular weight excluding hydrogens is 385 g/mol. The lowest BCUT2D eigenvalue weighted by molar-refractivity contribution is 0.0394. The van der Waals surface area contributed by atoms with Gasteiger partial charge in [-0.1, -0.05) is 34.4 Å². The molecule has 4 heterocycles. The molecule has 7 heteroatoms. The zero-order valence-electron chi connectivity index (χ0n) is 14.9. The van der Waals surface area contributed by atoms with Crippen LogP contribution in [0.3, 0.4) is 0 Å². The minimum atomic E-state index is -0.252. The molecule has 2 aliphatic rings. The van der Waals surface area contributed by atoms with Crippen molar-refractivity contribution in [1.29, 1.82) is 0 Å². The molecule has 0 saturated carbocycles. The topological polar surface area (TPSA) is 55.3 Å². The third-order valence-electron chi connectivity index (χ3n) is 6.24. The van der Waals surface area contributed by atoms with Crippen molar-refractivity contribution < 1.29 is 8.94 Å². The van der Waals surface area contributed by atoms with Crippen LogP contribution >= 0.6 is 23.2 Å². The largest absolute Gasteiger partial charge is 0.461 e. The number of fused-ring (bicyclic) bond motifs is 2. The first kappa shape index (κ1) is 17.3. The van der Waals surface area contributed by atoms with Gasteiger partial charge in [0.1, 0.15) is 5.54 Å². The monoisotopic (exact) mass is 403 g/mol. The molecule has 1 unspecified atom stereocenters. The van der Waals surface area contributed by atoms with Gasteiger partial charge in [0, 0.05) is 6.04 Å². The molecule has 1 aromatic carbocycles. The van der Waals surface area contributed by atoms with Crippen LogP contribution in [0.15, 0.2) is 45.5 Å². The number of aromatic nitrogens is 2. The zero-order valence-corrected chi connectivity index (χ0v) is 16.4. The van der Waals surface area contributed by atoms with Crippen LogP contribution < -0.4 is 0 Å². The van der Waals surface area contributed by atoms with Crippen molar-refractivity contribution in [2.75, 3.05) is 7.05 Å². The Morgan fingerprint density at radius 2 is 2.11 bits per heavy atom. The van der Waals surface area contributed by atoms with Crippen LogP contribution in [-0.2, 0) is 5.54 Å². The number of nitrogens with zero attached hydrogens (tertiary/aromatic N) is 3. The molecule has 3 aromatic rings. The van der Waals surface area contributed by atoms with Gasteiger partial charge in [-0.3, -0.25) is 4.90 Å². The van der Waals surface area contributed by atoms with Gasteiger partial charge in [-0.05, 0) is 68.5 Å². The van der Waals surface area contributed by atoms with E-state index in [2.05, 4.69) is 23.2 Å². The number of halogens is 2. The van der Waals surface area contributed by atoms with Gasteiger partial charge >= 0.3 is 0 Å². The smallest absolute Gasteiger partial charge is 0.247 e. The van der Waals surface area contributed by atoms with Crippen LogP contribution in [0.1, 0.15) is 43.1 Å². The lowest BCUT2D eigenvalue weighted by atomic mass is 9.78. The fraction of sp³-hybridized carbons (Fsp3) is 0.400. The van der Waals surface area contributed by atoms with Crippen LogP contribution in [0.5, 0.6) is 0 Å². The van der Waals surface area contributed by atoms with Crippen molar-refractivity contribution >= 4 is 23.2 Å². The Balaban J connectivity index is 1.51. The molecule has 2 saturated heterocycles. The molecule has 0 amide bonds. The fourth-order valence-corrected chi connectivity index (χ4v) is 5.06. The lowest BCUT2D eigenvalue weighted by Crippen LogP contribution is -2.48. The van der Waals surface area contributed by atoms with E-state index in [1.807, 2.05) is 24.3 Å². The van der Waals surface area contributed by atoms with Gasteiger partial charge in [0.25, 0.3) is 0 Å². The van der Waals surface area contributed by atoms with E-state index in [0.29, 0.717) is 39.5 Å². The summed E-state index contributed by atoms with van der Waals surface area (Å²) in [5, 5.41) is 5.35. The summed E-state index contributed by atoms with van der Waals surface area (Å²) in [5.74, 6) is 2.17. The maximum absolute atomic E-state index is 6.27. The van der Waals surface area contributed by atoms with Crippen molar-refractivity contribution in [3.8, 4) is 11.6 Å². The molecule has 27 heavy (non-hydrogen) atoms. The van der Waals surface area contributed by atoms with Crippen LogP contribution in [0.25, 0.3) is 11.6 Å². The molecule has 2 aromatic heterocycles. The van der Waals surface area contributed by atoms with Gasteiger partial charge < -0.3 is 8.94 Å². The second-order valence-electron chi connectivity index (χ2n) is 7.55. The summed E-state index contributed by atoms with van der Waals surface area (Å²) in [6, 6.07) is 10.1. The molecule has 0 N–H and O–H groups in total. The van der Waals surface area contributed by atoms with Crippen molar-refractivity contribution in [3.63, 3.8) is 0 Å². The number of hydrogen-bond donors (Lipinski definition) is 0. The van der Waals surface area contributed by atoms with E-state index in [9.17, 15) is 0 Å². The molecule has 0 spiro atoms. The maximum atomic E-state index is 6.27. The van der Waals surface area contributed by atoms with Gasteiger partial charge in [0.05, 0.1) is 16.3 Å². The van der Waals surface area contributed by atoms with E-state index in [4.69, 9.17) is 37.1 Å². The van der Waals surface area contributed by atoms with Crippen molar-refractivity contribution in [2.45, 2.75) is 43.2 Å². The highest BCUT2D eigenvalue weighted by molar-refractivity contribution is 6.42. The number of piperidine rings is 1. The van der Waals surface area contributed by atoms with Crippen molar-refractivity contribution in [1.82, 2.24) is 15.0 Å². The fourth-order valence-electron chi connectivity index (χ4n) is 4.75. The van der Waals surface area contributed by atoms with Gasteiger partial charge in [-0.15, -0.1) is 0 Å². The Labute approximate surface area is 167 Å². The average molecular weight is 404 g/mol. The molecule has 0 aliphatic carbocycles. The highest BCUT2D eigenvalue weighted by Crippen LogP contribution is 2.54. The predicted molar refractivity (Wildman–Crippen MR) is 103 cm³/mol. The van der Waals surface area contributed by atoms with E-state index in [1.165, 1.54) is 5.56 Å². The molecular formula is C20H19Cl2N3O2. The second kappa shape index (κ2) is 6.36. The van der Waals surface area contributed by atoms with E-state index in [-0.39, 0.29) is 5.54 Å². The van der Waals surface area contributed by atoms with Crippen molar-refractivity contribution in [3.05, 3.63) is 58.1 Å². The highest BCUT2D eigenvalue weighted by atomic mass is 35.5. The Kier molecular flexibility index (Phi) is 4.08. The second-order valence-corrected chi connectivity index (χ2v) is 8.36. The van der Waals surface area contributed by atoms with Gasteiger partial charge in [-0.25, -0.2) is 0 Å². The van der Waals surface area contributed by atoms with E-state index < -0.39 is 0 Å². The highest BCUT2D eigenvalue weighted by Gasteiger charge is 2.54. The first-order valence-electron chi connectivity index (χ1n) is 9.13. The zero-order chi connectivity index (χ0) is 18.6. The molecule has 140 valence electrons. The SMILES string of the molecule is CN1[C@H]2CC[C@]1(c1nc(-c3ccco3)no1)CC(c1ccc(Cl)c(Cl)c1)C2. The van der Waals surface area contributed by atoms with Crippen molar-refractivity contribution in [2.24, 2.45) is 0 Å². The third kappa shape index (κ3) is 2.72. The molecule has 5 nitrogen and oxygen atoms in total. The molecule has 5 rings (SSSR count). The number of furan rings is 1. The number of rotatable bonds is 3. The first-order valence-corrected chi connectivity index (χ1v) is 9.88. The minimum Gasteiger partial charge on any atom is -0.461 e. The molecule has 3 atom stereocenters. The van der Waals surface area contributed by atoms with E-state index >= 15 is 0 Å². The van der Waals surface area contributed by atoms with E-state index in [0.717, 1.165) is 25.7 Å². The summed E-state index contributed by atoms with van der Waals surface area (Å²) in [7, 11) is 2.17. The summed E-state index contributed by atoms with van der Waals surface area (Å²) in [6.45, 7) is 0. The Morgan fingerprint density at radius 3 is 2.89 bits per heavy atom. The number of benzene rings is 1. The minimum absolute atomic E-state index is 0.252. The molecule has 2 bridgehead atoms. The molecule has 2 fully saturated rings. The molecule has 2 aliphatic heterocycles. The lowest BCUT2D eigenvalue weighted by Gasteiger charge is -2.43. The van der Waals surface area contributed by atoms with Gasteiger partial charge in [0.2, 0.25) is 11.7 Å². The standard InChI is InChI=1S/C20H19Cl2N3O2/c1-25-14-6-7-20(25,19-23-18(24-27-19)17-3-2-8-26-17)11-13(9-14)12-4-5-15(21)16(22)10-12/h2-5,8,10,13-14H,6-7,9,11H2,1H3/t13?,14-,20+/m0/s1. The third-order valence-corrected chi connectivity index (χ3v) is 6.97. The van der Waals surface area contributed by atoms with Crippen LogP contribution in [0, 0.1) is 0 Å².